The molecule has 1 aliphatic rings. The van der Waals surface area contributed by atoms with Crippen molar-refractivity contribution in [1.82, 2.24) is 0 Å². The van der Waals surface area contributed by atoms with Gasteiger partial charge >= 0.3 is 0 Å². The summed E-state index contributed by atoms with van der Waals surface area (Å²) in [6.45, 7) is 6.00. The third-order valence-corrected chi connectivity index (χ3v) is 2.30. The smallest absolute Gasteiger partial charge is 0.129 e. The number of rotatable bonds is 5. The molecule has 0 N–H and O–H groups in total. The Bertz CT molecular complexity index is 163. The molecule has 70 valence electrons. The minimum Gasteiger partial charge on any atom is -0.369 e. The van der Waals surface area contributed by atoms with Gasteiger partial charge in [-0.05, 0) is 25.7 Å². The standard InChI is InChI=1S/C10H18O2/c1-7(2)10-9(12-10)6-4-5-8(3)11/h7,9-10H,4-6H2,1-3H3/t9-,10-/m0/s1. The van der Waals surface area contributed by atoms with Crippen LogP contribution in [0.5, 0.6) is 0 Å². The van der Waals surface area contributed by atoms with E-state index in [0.717, 1.165) is 12.8 Å². The summed E-state index contributed by atoms with van der Waals surface area (Å²) in [6.07, 6.45) is 3.68. The molecule has 0 bridgehead atoms. The monoisotopic (exact) mass is 170 g/mol. The third-order valence-electron chi connectivity index (χ3n) is 2.30. The van der Waals surface area contributed by atoms with Crippen molar-refractivity contribution in [2.45, 2.75) is 52.2 Å². The van der Waals surface area contributed by atoms with Crippen LogP contribution in [0.2, 0.25) is 0 Å². The van der Waals surface area contributed by atoms with Crippen LogP contribution in [0.15, 0.2) is 0 Å². The van der Waals surface area contributed by atoms with Crippen LogP contribution in [0.4, 0.5) is 0 Å². The summed E-state index contributed by atoms with van der Waals surface area (Å²) in [4.78, 5) is 10.6. The summed E-state index contributed by atoms with van der Waals surface area (Å²) in [5.41, 5.74) is 0. The van der Waals surface area contributed by atoms with E-state index in [1.807, 2.05) is 0 Å². The maximum absolute atomic E-state index is 10.6. The van der Waals surface area contributed by atoms with Crippen LogP contribution < -0.4 is 0 Å². The molecule has 0 aromatic carbocycles. The van der Waals surface area contributed by atoms with E-state index in [0.29, 0.717) is 24.5 Å². The summed E-state index contributed by atoms with van der Waals surface area (Å²) >= 11 is 0. The minimum absolute atomic E-state index is 0.289. The number of ketones is 1. The topological polar surface area (TPSA) is 29.6 Å². The predicted octanol–water partition coefficient (Wildman–Crippen LogP) is 2.17. The van der Waals surface area contributed by atoms with Crippen molar-refractivity contribution in [2.75, 3.05) is 0 Å². The molecule has 0 spiro atoms. The van der Waals surface area contributed by atoms with Gasteiger partial charge in [0.25, 0.3) is 0 Å². The van der Waals surface area contributed by atoms with E-state index in [4.69, 9.17) is 4.74 Å². The summed E-state index contributed by atoms with van der Waals surface area (Å²) in [7, 11) is 0. The lowest BCUT2D eigenvalue weighted by atomic mass is 10.0. The van der Waals surface area contributed by atoms with Crippen LogP contribution in [-0.2, 0) is 9.53 Å². The molecule has 12 heavy (non-hydrogen) atoms. The van der Waals surface area contributed by atoms with Gasteiger partial charge in [0.05, 0.1) is 12.2 Å². The molecule has 0 saturated carbocycles. The van der Waals surface area contributed by atoms with Crippen molar-refractivity contribution < 1.29 is 9.53 Å². The summed E-state index contributed by atoms with van der Waals surface area (Å²) < 4.78 is 5.45. The number of epoxide rings is 1. The molecule has 2 atom stereocenters. The van der Waals surface area contributed by atoms with Crippen molar-refractivity contribution in [3.8, 4) is 0 Å². The van der Waals surface area contributed by atoms with Gasteiger partial charge in [0, 0.05) is 6.42 Å². The molecular weight excluding hydrogens is 152 g/mol. The van der Waals surface area contributed by atoms with Crippen LogP contribution in [0.1, 0.15) is 40.0 Å². The lowest BCUT2D eigenvalue weighted by molar-refractivity contribution is -0.117. The van der Waals surface area contributed by atoms with Gasteiger partial charge in [0.2, 0.25) is 0 Å². The fraction of sp³-hybridized carbons (Fsp3) is 0.900. The van der Waals surface area contributed by atoms with E-state index >= 15 is 0 Å². The Morgan fingerprint density at radius 2 is 2.17 bits per heavy atom. The predicted molar refractivity (Wildman–Crippen MR) is 48.0 cm³/mol. The first-order chi connectivity index (χ1) is 5.61. The first-order valence-corrected chi connectivity index (χ1v) is 4.76. The molecule has 1 fully saturated rings. The molecule has 0 unspecified atom stereocenters. The van der Waals surface area contributed by atoms with Crippen molar-refractivity contribution in [2.24, 2.45) is 5.92 Å². The Morgan fingerprint density at radius 1 is 1.50 bits per heavy atom. The highest BCUT2D eigenvalue weighted by Gasteiger charge is 2.39. The Hall–Kier alpha value is -0.370. The molecular formula is C10H18O2. The number of ether oxygens (including phenoxy) is 1. The molecule has 0 amide bonds. The summed E-state index contributed by atoms with van der Waals surface area (Å²) in [5.74, 6) is 0.920. The van der Waals surface area contributed by atoms with Crippen LogP contribution in [0.25, 0.3) is 0 Å². The van der Waals surface area contributed by atoms with E-state index in [9.17, 15) is 4.79 Å². The van der Waals surface area contributed by atoms with Crippen LogP contribution in [0, 0.1) is 5.92 Å². The van der Waals surface area contributed by atoms with Gasteiger partial charge in [0.1, 0.15) is 5.78 Å². The lowest BCUT2D eigenvalue weighted by Gasteiger charge is -1.97. The van der Waals surface area contributed by atoms with E-state index < -0.39 is 0 Å². The fourth-order valence-electron chi connectivity index (χ4n) is 1.53. The van der Waals surface area contributed by atoms with Gasteiger partial charge in [-0.15, -0.1) is 0 Å². The molecule has 1 aliphatic heterocycles. The summed E-state index contributed by atoms with van der Waals surface area (Å²) in [5, 5.41) is 0. The zero-order chi connectivity index (χ0) is 9.14. The number of hydrogen-bond acceptors (Lipinski definition) is 2. The lowest BCUT2D eigenvalue weighted by Crippen LogP contribution is -2.02. The van der Waals surface area contributed by atoms with Crippen molar-refractivity contribution in [3.05, 3.63) is 0 Å². The molecule has 1 heterocycles. The molecule has 1 rings (SSSR count). The van der Waals surface area contributed by atoms with Crippen LogP contribution in [-0.4, -0.2) is 18.0 Å². The first kappa shape index (κ1) is 9.72. The normalized spacial score (nSPS) is 27.7. The van der Waals surface area contributed by atoms with E-state index in [1.54, 1.807) is 6.92 Å². The largest absolute Gasteiger partial charge is 0.369 e. The van der Waals surface area contributed by atoms with Gasteiger partial charge in [-0.25, -0.2) is 0 Å². The van der Waals surface area contributed by atoms with Gasteiger partial charge in [-0.3, -0.25) is 0 Å². The summed E-state index contributed by atoms with van der Waals surface area (Å²) in [6, 6.07) is 0. The molecule has 0 aromatic rings. The average Bonchev–Trinajstić information content (AvgIpc) is 2.66. The highest BCUT2D eigenvalue weighted by molar-refractivity contribution is 5.75. The number of carbonyl (C=O) groups excluding carboxylic acids is 1. The number of Topliss-reactive ketones (excluding diaryl/α,β-unsaturated/α-hetero) is 1. The number of hydrogen-bond donors (Lipinski definition) is 0. The number of carbonyl (C=O) groups is 1. The fourth-order valence-corrected chi connectivity index (χ4v) is 1.53. The highest BCUT2D eigenvalue weighted by Crippen LogP contribution is 2.32. The zero-order valence-corrected chi connectivity index (χ0v) is 8.17. The van der Waals surface area contributed by atoms with Gasteiger partial charge in [-0.1, -0.05) is 13.8 Å². The average molecular weight is 170 g/mol. The maximum Gasteiger partial charge on any atom is 0.129 e. The minimum atomic E-state index is 0.289. The van der Waals surface area contributed by atoms with Gasteiger partial charge in [-0.2, -0.15) is 0 Å². The third kappa shape index (κ3) is 2.94. The Morgan fingerprint density at radius 3 is 2.58 bits per heavy atom. The SMILES string of the molecule is CC(=O)CCC[C@@H]1O[C@H]1C(C)C. The second kappa shape index (κ2) is 4.04. The van der Waals surface area contributed by atoms with E-state index in [2.05, 4.69) is 13.8 Å². The Kier molecular flexibility index (Phi) is 3.27. The van der Waals surface area contributed by atoms with E-state index in [1.165, 1.54) is 0 Å². The van der Waals surface area contributed by atoms with Crippen LogP contribution in [0.3, 0.4) is 0 Å². The maximum atomic E-state index is 10.6. The van der Waals surface area contributed by atoms with E-state index in [-0.39, 0.29) is 5.78 Å². The highest BCUT2D eigenvalue weighted by atomic mass is 16.6. The molecule has 0 aromatic heterocycles. The van der Waals surface area contributed by atoms with Gasteiger partial charge < -0.3 is 9.53 Å². The molecule has 2 heteroatoms. The van der Waals surface area contributed by atoms with Crippen LogP contribution >= 0.6 is 0 Å². The quantitative estimate of drug-likeness (QED) is 0.592. The second-order valence-electron chi connectivity index (χ2n) is 3.98. The molecule has 1 saturated heterocycles. The Balaban J connectivity index is 2.01. The molecule has 0 radical (unpaired) electrons. The molecule has 2 nitrogen and oxygen atoms in total. The molecule has 0 aliphatic carbocycles. The van der Waals surface area contributed by atoms with Crippen molar-refractivity contribution in [3.63, 3.8) is 0 Å². The zero-order valence-electron chi connectivity index (χ0n) is 8.17. The van der Waals surface area contributed by atoms with Crippen molar-refractivity contribution >= 4 is 5.78 Å². The Labute approximate surface area is 74.3 Å². The second-order valence-corrected chi connectivity index (χ2v) is 3.98. The van der Waals surface area contributed by atoms with Gasteiger partial charge in [0.15, 0.2) is 0 Å². The first-order valence-electron chi connectivity index (χ1n) is 4.76. The van der Waals surface area contributed by atoms with Crippen molar-refractivity contribution in [1.29, 1.82) is 0 Å².